The highest BCUT2D eigenvalue weighted by molar-refractivity contribution is 5.62. The number of anilines is 1. The number of rotatable bonds is 3. The molecule has 1 saturated heterocycles. The second kappa shape index (κ2) is 6.11. The van der Waals surface area contributed by atoms with Gasteiger partial charge in [0.2, 0.25) is 0 Å². The van der Waals surface area contributed by atoms with Gasteiger partial charge in [-0.05, 0) is 24.8 Å². The number of nitrogens with zero attached hydrogens (tertiary/aromatic N) is 5. The van der Waals surface area contributed by atoms with Gasteiger partial charge in [-0.25, -0.2) is 0 Å². The molecule has 0 spiro atoms. The average molecular weight is 335 g/mol. The number of ether oxygens (including phenoxy) is 1. The second-order valence-electron chi connectivity index (χ2n) is 6.81. The Bertz CT molecular complexity index is 881. The molecule has 25 heavy (non-hydrogen) atoms. The SMILES string of the molecule is c1ccc(-c2nnc3cc(C4CCC4)c(N4CCOCC4)nn23)cc1. The van der Waals surface area contributed by atoms with Gasteiger partial charge in [0.1, 0.15) is 0 Å². The van der Waals surface area contributed by atoms with Crippen LogP contribution in [0.4, 0.5) is 5.82 Å². The van der Waals surface area contributed by atoms with E-state index >= 15 is 0 Å². The highest BCUT2D eigenvalue weighted by Gasteiger charge is 2.28. The van der Waals surface area contributed by atoms with Gasteiger partial charge in [0, 0.05) is 24.2 Å². The summed E-state index contributed by atoms with van der Waals surface area (Å²) in [5, 5.41) is 13.8. The number of aromatic nitrogens is 4. The molecule has 5 rings (SSSR count). The molecule has 2 aliphatic rings. The molecule has 128 valence electrons. The van der Waals surface area contributed by atoms with E-state index in [1.807, 2.05) is 34.8 Å². The van der Waals surface area contributed by atoms with Gasteiger partial charge in [0.15, 0.2) is 17.3 Å². The Hall–Kier alpha value is -2.47. The van der Waals surface area contributed by atoms with E-state index in [2.05, 4.69) is 21.2 Å². The third kappa shape index (κ3) is 2.57. The van der Waals surface area contributed by atoms with Crippen LogP contribution in [0.15, 0.2) is 36.4 Å². The van der Waals surface area contributed by atoms with Crippen LogP contribution in [0.1, 0.15) is 30.7 Å². The number of hydrogen-bond donors (Lipinski definition) is 0. The van der Waals surface area contributed by atoms with E-state index in [9.17, 15) is 0 Å². The topological polar surface area (TPSA) is 55.5 Å². The van der Waals surface area contributed by atoms with Crippen LogP contribution >= 0.6 is 0 Å². The van der Waals surface area contributed by atoms with Gasteiger partial charge < -0.3 is 9.64 Å². The van der Waals surface area contributed by atoms with Crippen molar-refractivity contribution in [2.45, 2.75) is 25.2 Å². The van der Waals surface area contributed by atoms with Gasteiger partial charge in [-0.1, -0.05) is 36.8 Å². The van der Waals surface area contributed by atoms with Crippen molar-refractivity contribution in [1.29, 1.82) is 0 Å². The fraction of sp³-hybridized carbons (Fsp3) is 0.421. The average Bonchev–Trinajstić information content (AvgIpc) is 3.04. The first-order valence-electron chi connectivity index (χ1n) is 9.04. The quantitative estimate of drug-likeness (QED) is 0.737. The van der Waals surface area contributed by atoms with Crippen molar-refractivity contribution in [2.24, 2.45) is 0 Å². The minimum absolute atomic E-state index is 0.604. The van der Waals surface area contributed by atoms with Crippen molar-refractivity contribution >= 4 is 11.5 Å². The van der Waals surface area contributed by atoms with E-state index < -0.39 is 0 Å². The molecule has 6 heteroatoms. The Morgan fingerprint density at radius 1 is 1.00 bits per heavy atom. The Kier molecular flexibility index (Phi) is 3.63. The number of morpholine rings is 1. The van der Waals surface area contributed by atoms with E-state index in [0.29, 0.717) is 5.92 Å². The molecule has 2 fully saturated rings. The van der Waals surface area contributed by atoms with E-state index in [4.69, 9.17) is 9.84 Å². The zero-order valence-electron chi connectivity index (χ0n) is 14.1. The van der Waals surface area contributed by atoms with Crippen LogP contribution < -0.4 is 4.90 Å². The molecule has 6 nitrogen and oxygen atoms in total. The lowest BCUT2D eigenvalue weighted by Gasteiger charge is -2.33. The summed E-state index contributed by atoms with van der Waals surface area (Å²) < 4.78 is 7.42. The third-order valence-electron chi connectivity index (χ3n) is 5.29. The second-order valence-corrected chi connectivity index (χ2v) is 6.81. The zero-order valence-corrected chi connectivity index (χ0v) is 14.1. The lowest BCUT2D eigenvalue weighted by Crippen LogP contribution is -2.38. The summed E-state index contributed by atoms with van der Waals surface area (Å²) >= 11 is 0. The van der Waals surface area contributed by atoms with Crippen LogP contribution in [0.5, 0.6) is 0 Å². The molecule has 0 amide bonds. The van der Waals surface area contributed by atoms with Crippen LogP contribution in [0.2, 0.25) is 0 Å². The molecule has 1 saturated carbocycles. The van der Waals surface area contributed by atoms with Crippen molar-refractivity contribution < 1.29 is 4.74 Å². The summed E-state index contributed by atoms with van der Waals surface area (Å²) in [4.78, 5) is 2.35. The zero-order chi connectivity index (χ0) is 16.6. The maximum absolute atomic E-state index is 5.53. The van der Waals surface area contributed by atoms with Crippen LogP contribution in [0.3, 0.4) is 0 Å². The molecule has 2 aromatic heterocycles. The van der Waals surface area contributed by atoms with E-state index in [0.717, 1.165) is 49.2 Å². The Balaban J connectivity index is 1.66. The fourth-order valence-electron chi connectivity index (χ4n) is 3.64. The van der Waals surface area contributed by atoms with Crippen molar-refractivity contribution in [3.8, 4) is 11.4 Å². The first kappa shape index (κ1) is 14.8. The molecular weight excluding hydrogens is 314 g/mol. The summed E-state index contributed by atoms with van der Waals surface area (Å²) in [7, 11) is 0. The van der Waals surface area contributed by atoms with Gasteiger partial charge >= 0.3 is 0 Å². The van der Waals surface area contributed by atoms with Crippen LogP contribution in [0, 0.1) is 0 Å². The van der Waals surface area contributed by atoms with E-state index in [1.165, 1.54) is 24.8 Å². The Labute approximate surface area is 146 Å². The smallest absolute Gasteiger partial charge is 0.185 e. The normalized spacial score (nSPS) is 18.5. The lowest BCUT2D eigenvalue weighted by molar-refractivity contribution is 0.122. The van der Waals surface area contributed by atoms with Crippen molar-refractivity contribution in [1.82, 2.24) is 19.8 Å². The fourth-order valence-corrected chi connectivity index (χ4v) is 3.64. The maximum atomic E-state index is 5.53. The highest BCUT2D eigenvalue weighted by Crippen LogP contribution is 2.41. The summed E-state index contributed by atoms with van der Waals surface area (Å²) in [5.41, 5.74) is 3.19. The molecule has 0 N–H and O–H groups in total. The minimum Gasteiger partial charge on any atom is -0.378 e. The molecule has 0 radical (unpaired) electrons. The molecular formula is C19H21N5O. The van der Waals surface area contributed by atoms with Crippen LogP contribution in [-0.4, -0.2) is 46.1 Å². The number of benzene rings is 1. The Morgan fingerprint density at radius 3 is 2.52 bits per heavy atom. The van der Waals surface area contributed by atoms with Crippen molar-refractivity contribution in [3.05, 3.63) is 42.0 Å². The molecule has 0 atom stereocenters. The van der Waals surface area contributed by atoms with Gasteiger partial charge in [-0.2, -0.15) is 4.52 Å². The lowest BCUT2D eigenvalue weighted by atomic mass is 9.80. The first-order chi connectivity index (χ1) is 12.4. The predicted octanol–water partition coefficient (Wildman–Crippen LogP) is 2.90. The predicted molar refractivity (Wildman–Crippen MR) is 95.8 cm³/mol. The molecule has 1 aliphatic heterocycles. The van der Waals surface area contributed by atoms with E-state index in [-0.39, 0.29) is 0 Å². The maximum Gasteiger partial charge on any atom is 0.185 e. The Morgan fingerprint density at radius 2 is 1.80 bits per heavy atom. The number of fused-ring (bicyclic) bond motifs is 1. The van der Waals surface area contributed by atoms with Crippen LogP contribution in [0.25, 0.3) is 17.0 Å². The van der Waals surface area contributed by atoms with Gasteiger partial charge in [-0.15, -0.1) is 15.3 Å². The van der Waals surface area contributed by atoms with Crippen LogP contribution in [-0.2, 0) is 4.74 Å². The third-order valence-corrected chi connectivity index (χ3v) is 5.29. The largest absolute Gasteiger partial charge is 0.378 e. The molecule has 1 aliphatic carbocycles. The van der Waals surface area contributed by atoms with Gasteiger partial charge in [0.25, 0.3) is 0 Å². The van der Waals surface area contributed by atoms with Gasteiger partial charge in [0.05, 0.1) is 13.2 Å². The van der Waals surface area contributed by atoms with Gasteiger partial charge in [-0.3, -0.25) is 0 Å². The summed E-state index contributed by atoms with van der Waals surface area (Å²) in [6.45, 7) is 3.30. The minimum atomic E-state index is 0.604. The highest BCUT2D eigenvalue weighted by atomic mass is 16.5. The molecule has 3 aromatic rings. The number of hydrogen-bond acceptors (Lipinski definition) is 5. The van der Waals surface area contributed by atoms with E-state index in [1.54, 1.807) is 0 Å². The summed E-state index contributed by atoms with van der Waals surface area (Å²) in [6, 6.07) is 12.3. The summed E-state index contributed by atoms with van der Waals surface area (Å²) in [6.07, 6.45) is 3.80. The monoisotopic (exact) mass is 335 g/mol. The first-order valence-corrected chi connectivity index (χ1v) is 9.04. The molecule has 0 bridgehead atoms. The standard InChI is InChI=1S/C19H21N5O/c1-2-5-15(6-3-1)18-21-20-17-13-16(14-7-4-8-14)19(22-24(17)18)23-9-11-25-12-10-23/h1-3,5-6,13-14H,4,7-12H2. The molecule has 0 unspecified atom stereocenters. The molecule has 3 heterocycles. The van der Waals surface area contributed by atoms with Crippen molar-refractivity contribution in [3.63, 3.8) is 0 Å². The summed E-state index contributed by atoms with van der Waals surface area (Å²) in [5.74, 6) is 2.48. The molecule has 1 aromatic carbocycles. The van der Waals surface area contributed by atoms with Crippen molar-refractivity contribution in [2.75, 3.05) is 31.2 Å².